The molecule has 1 aromatic heterocycles. The van der Waals surface area contributed by atoms with E-state index in [2.05, 4.69) is 4.74 Å². The molecule has 196 valence electrons. The van der Waals surface area contributed by atoms with Crippen molar-refractivity contribution in [3.63, 3.8) is 0 Å². The number of nitrogens with zero attached hydrogens (tertiary/aromatic N) is 2. The van der Waals surface area contributed by atoms with Crippen molar-refractivity contribution in [2.24, 2.45) is 0 Å². The van der Waals surface area contributed by atoms with E-state index in [1.807, 2.05) is 0 Å². The lowest BCUT2D eigenvalue weighted by molar-refractivity contribution is -0.274. The number of hydrogen-bond acceptors (Lipinski definition) is 4. The van der Waals surface area contributed by atoms with Gasteiger partial charge in [0.15, 0.2) is 0 Å². The van der Waals surface area contributed by atoms with Crippen molar-refractivity contribution < 1.29 is 26.3 Å². The van der Waals surface area contributed by atoms with Crippen LogP contribution in [0.4, 0.5) is 19.0 Å². The van der Waals surface area contributed by atoms with Gasteiger partial charge < -0.3 is 4.74 Å². The first-order valence-electron chi connectivity index (χ1n) is 11.1. The highest BCUT2D eigenvalue weighted by atomic mass is 35.5. The molecule has 12 heteroatoms. The lowest BCUT2D eigenvalue weighted by atomic mass is 9.94. The van der Waals surface area contributed by atoms with Crippen LogP contribution in [-0.2, 0) is 10.0 Å². The summed E-state index contributed by atoms with van der Waals surface area (Å²) in [5.41, 5.74) is 0.632. The van der Waals surface area contributed by atoms with Crippen LogP contribution in [0.5, 0.6) is 5.75 Å². The second kappa shape index (κ2) is 9.68. The summed E-state index contributed by atoms with van der Waals surface area (Å²) < 4.78 is 73.2. The fraction of sp³-hybridized carbons (Fsp3) is 0.115. The van der Waals surface area contributed by atoms with Crippen LogP contribution in [0.1, 0.15) is 23.2 Å². The Hall–Kier alpha value is -3.47. The third-order valence-corrected chi connectivity index (χ3v) is 8.33. The Balaban J connectivity index is 1.75. The van der Waals surface area contributed by atoms with Gasteiger partial charge in [-0.15, -0.1) is 13.2 Å². The highest BCUT2D eigenvalue weighted by Gasteiger charge is 2.47. The first-order chi connectivity index (χ1) is 18.0. The Morgan fingerprint density at radius 2 is 1.32 bits per heavy atom. The van der Waals surface area contributed by atoms with E-state index in [4.69, 9.17) is 23.2 Å². The smallest absolute Gasteiger partial charge is 0.406 e. The normalized spacial score (nSPS) is 17.3. The standard InChI is InChI=1S/C26H17Cl2F3N2O4S/c27-18-11-7-16(8-12-18)24-25(17-9-13-19(28)14-10-17)33(22-5-2-6-23(34)32(22)24)38(35,36)21-4-1-3-20(15-21)37-26(29,30)31/h1-15,24-25H. The van der Waals surface area contributed by atoms with Gasteiger partial charge in [0, 0.05) is 22.2 Å². The molecule has 4 aromatic rings. The number of rotatable bonds is 5. The molecule has 0 spiro atoms. The van der Waals surface area contributed by atoms with E-state index in [1.165, 1.54) is 28.8 Å². The Bertz CT molecular complexity index is 1660. The lowest BCUT2D eigenvalue weighted by Gasteiger charge is -2.29. The van der Waals surface area contributed by atoms with E-state index in [0.29, 0.717) is 21.2 Å². The molecule has 0 aliphatic carbocycles. The van der Waals surface area contributed by atoms with Gasteiger partial charge in [-0.1, -0.05) is 59.6 Å². The molecule has 0 saturated carbocycles. The third kappa shape index (κ3) is 4.87. The van der Waals surface area contributed by atoms with Gasteiger partial charge >= 0.3 is 6.36 Å². The van der Waals surface area contributed by atoms with Crippen LogP contribution in [0.2, 0.25) is 10.0 Å². The molecule has 6 nitrogen and oxygen atoms in total. The van der Waals surface area contributed by atoms with Crippen molar-refractivity contribution in [3.05, 3.63) is 123 Å². The number of anilines is 1. The minimum Gasteiger partial charge on any atom is -0.406 e. The summed E-state index contributed by atoms with van der Waals surface area (Å²) in [4.78, 5) is 12.7. The molecule has 2 heterocycles. The van der Waals surface area contributed by atoms with Gasteiger partial charge in [0.1, 0.15) is 11.6 Å². The van der Waals surface area contributed by atoms with E-state index in [-0.39, 0.29) is 5.82 Å². The zero-order valence-electron chi connectivity index (χ0n) is 19.1. The Morgan fingerprint density at radius 1 is 0.763 bits per heavy atom. The molecule has 2 atom stereocenters. The van der Waals surface area contributed by atoms with Gasteiger partial charge in [-0.2, -0.15) is 0 Å². The quantitative estimate of drug-likeness (QED) is 0.267. The maximum absolute atomic E-state index is 14.1. The fourth-order valence-electron chi connectivity index (χ4n) is 4.55. The molecule has 0 N–H and O–H groups in total. The highest BCUT2D eigenvalue weighted by molar-refractivity contribution is 7.92. The van der Waals surface area contributed by atoms with Crippen LogP contribution in [0.25, 0.3) is 0 Å². The van der Waals surface area contributed by atoms with Gasteiger partial charge in [0.25, 0.3) is 15.6 Å². The molecule has 5 rings (SSSR count). The zero-order valence-corrected chi connectivity index (χ0v) is 21.5. The molecule has 0 saturated heterocycles. The van der Waals surface area contributed by atoms with Crippen molar-refractivity contribution in [3.8, 4) is 5.75 Å². The summed E-state index contributed by atoms with van der Waals surface area (Å²) in [6.07, 6.45) is -5.01. The second-order valence-electron chi connectivity index (χ2n) is 8.41. The zero-order chi connectivity index (χ0) is 27.2. The molecule has 1 aliphatic rings. The topological polar surface area (TPSA) is 68.6 Å². The number of hydrogen-bond donors (Lipinski definition) is 0. The number of sulfonamides is 1. The predicted octanol–water partition coefficient (Wildman–Crippen LogP) is 6.59. The van der Waals surface area contributed by atoms with Crippen LogP contribution in [-0.4, -0.2) is 19.3 Å². The van der Waals surface area contributed by atoms with E-state index in [1.54, 1.807) is 48.5 Å². The number of alkyl halides is 3. The monoisotopic (exact) mass is 580 g/mol. The van der Waals surface area contributed by atoms with Gasteiger partial charge in [0.2, 0.25) is 0 Å². The molecule has 38 heavy (non-hydrogen) atoms. The number of aromatic nitrogens is 1. The van der Waals surface area contributed by atoms with E-state index in [9.17, 15) is 26.4 Å². The molecule has 1 aliphatic heterocycles. The molecule has 0 radical (unpaired) electrons. The average Bonchev–Trinajstić information content (AvgIpc) is 3.21. The van der Waals surface area contributed by atoms with E-state index >= 15 is 0 Å². The number of pyridine rings is 1. The van der Waals surface area contributed by atoms with Gasteiger partial charge in [-0.25, -0.2) is 12.7 Å². The van der Waals surface area contributed by atoms with Crippen LogP contribution in [0.3, 0.4) is 0 Å². The molecule has 3 aromatic carbocycles. The molecule has 0 fully saturated rings. The molecule has 0 bridgehead atoms. The SMILES string of the molecule is O=c1cccc2n1C(c1ccc(Cl)cc1)C(c1ccc(Cl)cc1)N2S(=O)(=O)c1cccc(OC(F)(F)F)c1. The van der Waals surface area contributed by atoms with Crippen LogP contribution in [0, 0.1) is 0 Å². The van der Waals surface area contributed by atoms with Gasteiger partial charge in [-0.05, 0) is 53.6 Å². The number of halogens is 5. The van der Waals surface area contributed by atoms with Crippen LogP contribution < -0.4 is 14.6 Å². The summed E-state index contributed by atoms with van der Waals surface area (Å²) in [7, 11) is -4.54. The minimum absolute atomic E-state index is 0.0412. The summed E-state index contributed by atoms with van der Waals surface area (Å²) >= 11 is 12.2. The second-order valence-corrected chi connectivity index (χ2v) is 11.1. The van der Waals surface area contributed by atoms with E-state index in [0.717, 1.165) is 22.5 Å². The fourth-order valence-corrected chi connectivity index (χ4v) is 6.47. The Kier molecular flexibility index (Phi) is 6.66. The molecular weight excluding hydrogens is 564 g/mol. The Morgan fingerprint density at radius 3 is 1.89 bits per heavy atom. The first kappa shape index (κ1) is 26.1. The average molecular weight is 581 g/mol. The van der Waals surface area contributed by atoms with Crippen LogP contribution >= 0.6 is 23.2 Å². The Labute approximate surface area is 225 Å². The third-order valence-electron chi connectivity index (χ3n) is 6.04. The van der Waals surface area contributed by atoms with E-state index < -0.39 is 44.7 Å². The molecule has 0 amide bonds. The largest absolute Gasteiger partial charge is 0.573 e. The van der Waals surface area contributed by atoms with Crippen molar-refractivity contribution in [1.82, 2.24) is 4.57 Å². The summed E-state index contributed by atoms with van der Waals surface area (Å²) in [5.74, 6) is -0.653. The van der Waals surface area contributed by atoms with Gasteiger partial charge in [0.05, 0.1) is 17.0 Å². The maximum Gasteiger partial charge on any atom is 0.573 e. The van der Waals surface area contributed by atoms with Crippen molar-refractivity contribution in [2.75, 3.05) is 4.31 Å². The predicted molar refractivity (Wildman–Crippen MR) is 137 cm³/mol. The first-order valence-corrected chi connectivity index (χ1v) is 13.3. The summed E-state index contributed by atoms with van der Waals surface area (Å²) in [6, 6.07) is 19.5. The van der Waals surface area contributed by atoms with Gasteiger partial charge in [-0.3, -0.25) is 9.36 Å². The highest BCUT2D eigenvalue weighted by Crippen LogP contribution is 2.49. The lowest BCUT2D eigenvalue weighted by Crippen LogP contribution is -2.33. The number of ether oxygens (including phenoxy) is 1. The maximum atomic E-state index is 14.1. The van der Waals surface area contributed by atoms with Crippen LogP contribution in [0.15, 0.2) is 101 Å². The summed E-state index contributed by atoms with van der Waals surface area (Å²) in [6.45, 7) is 0. The summed E-state index contributed by atoms with van der Waals surface area (Å²) in [5, 5.41) is 0.859. The minimum atomic E-state index is -5.01. The van der Waals surface area contributed by atoms with Crippen molar-refractivity contribution in [2.45, 2.75) is 23.3 Å². The number of fused-ring (bicyclic) bond motifs is 1. The van der Waals surface area contributed by atoms with Crippen molar-refractivity contribution >= 4 is 39.0 Å². The molecule has 2 unspecified atom stereocenters. The number of benzene rings is 3. The molecular formula is C26H17Cl2F3N2O4S. The van der Waals surface area contributed by atoms with Crippen molar-refractivity contribution in [1.29, 1.82) is 0 Å².